The highest BCUT2D eigenvalue weighted by atomic mass is 32.2. The van der Waals surface area contributed by atoms with Crippen LogP contribution in [0.2, 0.25) is 0 Å². The Morgan fingerprint density at radius 2 is 2.19 bits per heavy atom. The molecule has 0 unspecified atom stereocenters. The Morgan fingerprint density at radius 3 is 2.95 bits per heavy atom. The molecular formula is C13H10N4O2S2. The summed E-state index contributed by atoms with van der Waals surface area (Å²) in [5.41, 5.74) is 0.593. The maximum absolute atomic E-state index is 12.3. The molecule has 2 heterocycles. The normalized spacial score (nSPS) is 10.7. The largest absolute Gasteiger partial charge is 0.322 e. The van der Waals surface area contributed by atoms with Gasteiger partial charge in [0.1, 0.15) is 0 Å². The maximum atomic E-state index is 12.3. The number of para-hydroxylation sites is 1. The number of carbonyl (C=O) groups is 1. The van der Waals surface area contributed by atoms with Crippen LogP contribution in [-0.4, -0.2) is 26.5 Å². The molecule has 0 aliphatic carbocycles. The van der Waals surface area contributed by atoms with Crippen molar-refractivity contribution in [3.05, 3.63) is 46.2 Å². The van der Waals surface area contributed by atoms with Crippen LogP contribution in [0.25, 0.3) is 10.9 Å². The number of fused-ring (bicyclic) bond motifs is 1. The fraction of sp³-hybridized carbons (Fsp3) is 0.0769. The smallest absolute Gasteiger partial charge is 0.258 e. The van der Waals surface area contributed by atoms with E-state index in [1.165, 1.54) is 29.4 Å². The second-order valence-corrected chi connectivity index (χ2v) is 5.94. The van der Waals surface area contributed by atoms with E-state index in [4.69, 9.17) is 0 Å². The molecule has 0 atom stereocenters. The van der Waals surface area contributed by atoms with Gasteiger partial charge in [0, 0.05) is 17.0 Å². The summed E-state index contributed by atoms with van der Waals surface area (Å²) in [6.45, 7) is 0. The Labute approximate surface area is 127 Å². The standard InChI is InChI=1S/C13H10N4O2S2/c1-20-13-16-12(17-21-13)15-11(19)8-6-10(18)14-9-5-3-2-4-7(8)9/h2-6H,1H3,(H,14,18)(H,15,17,19). The Bertz CT molecular complexity index is 872. The molecule has 0 bridgehead atoms. The monoisotopic (exact) mass is 318 g/mol. The van der Waals surface area contributed by atoms with Crippen molar-refractivity contribution in [2.24, 2.45) is 0 Å². The second-order valence-electron chi connectivity index (χ2n) is 4.13. The van der Waals surface area contributed by atoms with Gasteiger partial charge in [0.05, 0.1) is 5.56 Å². The number of rotatable bonds is 3. The molecule has 1 aromatic carbocycles. The molecule has 3 aromatic rings. The van der Waals surface area contributed by atoms with Crippen molar-refractivity contribution >= 4 is 46.1 Å². The fourth-order valence-corrected chi connectivity index (χ4v) is 2.87. The number of hydrogen-bond donors (Lipinski definition) is 2. The van der Waals surface area contributed by atoms with Gasteiger partial charge in [-0.25, -0.2) is 0 Å². The van der Waals surface area contributed by atoms with E-state index in [0.717, 1.165) is 4.34 Å². The van der Waals surface area contributed by atoms with E-state index in [1.807, 2.05) is 12.3 Å². The zero-order chi connectivity index (χ0) is 14.8. The van der Waals surface area contributed by atoms with E-state index >= 15 is 0 Å². The quantitative estimate of drug-likeness (QED) is 0.724. The minimum atomic E-state index is -0.400. The number of pyridine rings is 1. The van der Waals surface area contributed by atoms with Gasteiger partial charge in [-0.1, -0.05) is 30.0 Å². The summed E-state index contributed by atoms with van der Waals surface area (Å²) in [6, 6.07) is 8.42. The van der Waals surface area contributed by atoms with Crippen LogP contribution in [0.1, 0.15) is 10.4 Å². The van der Waals surface area contributed by atoms with E-state index in [0.29, 0.717) is 16.5 Å². The number of hydrogen-bond acceptors (Lipinski definition) is 6. The van der Waals surface area contributed by atoms with Crippen LogP contribution >= 0.6 is 23.3 Å². The Hall–Kier alpha value is -2.19. The van der Waals surface area contributed by atoms with E-state index in [-0.39, 0.29) is 11.5 Å². The topological polar surface area (TPSA) is 87.7 Å². The molecule has 106 valence electrons. The summed E-state index contributed by atoms with van der Waals surface area (Å²) in [4.78, 5) is 30.8. The van der Waals surface area contributed by atoms with E-state index < -0.39 is 5.91 Å². The molecule has 0 saturated carbocycles. The van der Waals surface area contributed by atoms with Crippen LogP contribution in [-0.2, 0) is 0 Å². The summed E-state index contributed by atoms with van der Waals surface area (Å²) in [5, 5.41) is 3.29. The maximum Gasteiger partial charge on any atom is 0.258 e. The number of aromatic nitrogens is 3. The molecule has 6 nitrogen and oxygen atoms in total. The van der Waals surface area contributed by atoms with Crippen molar-refractivity contribution < 1.29 is 4.79 Å². The van der Waals surface area contributed by atoms with Gasteiger partial charge in [-0.3, -0.25) is 14.9 Å². The van der Waals surface area contributed by atoms with Crippen molar-refractivity contribution in [2.75, 3.05) is 11.6 Å². The van der Waals surface area contributed by atoms with Gasteiger partial charge in [-0.05, 0) is 23.9 Å². The first-order valence-corrected chi connectivity index (χ1v) is 7.98. The number of amides is 1. The highest BCUT2D eigenvalue weighted by Gasteiger charge is 2.14. The number of thioether (sulfide) groups is 1. The summed E-state index contributed by atoms with van der Waals surface area (Å²) in [7, 11) is 0. The number of carbonyl (C=O) groups excluding carboxylic acids is 1. The first-order valence-electron chi connectivity index (χ1n) is 5.98. The van der Waals surface area contributed by atoms with Gasteiger partial charge < -0.3 is 4.98 Å². The first-order chi connectivity index (χ1) is 10.2. The minimum Gasteiger partial charge on any atom is -0.322 e. The predicted molar refractivity (Wildman–Crippen MR) is 84.2 cm³/mol. The van der Waals surface area contributed by atoms with Gasteiger partial charge in [0.25, 0.3) is 5.91 Å². The van der Waals surface area contributed by atoms with Crippen LogP contribution in [0.3, 0.4) is 0 Å². The lowest BCUT2D eigenvalue weighted by Gasteiger charge is -2.05. The second kappa shape index (κ2) is 5.66. The SMILES string of the molecule is CSc1nc(NC(=O)c2cc(=O)[nH]c3ccccc23)ns1. The number of H-pyrrole nitrogens is 1. The number of nitrogens with one attached hydrogen (secondary N) is 2. The van der Waals surface area contributed by atoms with Gasteiger partial charge in [0.2, 0.25) is 11.5 Å². The van der Waals surface area contributed by atoms with Crippen molar-refractivity contribution in [1.82, 2.24) is 14.3 Å². The number of aromatic amines is 1. The third-order valence-corrected chi connectivity index (χ3v) is 4.48. The van der Waals surface area contributed by atoms with Gasteiger partial charge in [-0.15, -0.1) is 0 Å². The number of anilines is 1. The molecule has 8 heteroatoms. The third-order valence-electron chi connectivity index (χ3n) is 2.80. The van der Waals surface area contributed by atoms with Crippen LogP contribution in [0.5, 0.6) is 0 Å². The molecule has 1 amide bonds. The van der Waals surface area contributed by atoms with E-state index in [2.05, 4.69) is 19.7 Å². The lowest BCUT2D eigenvalue weighted by Crippen LogP contribution is -2.17. The lowest BCUT2D eigenvalue weighted by atomic mass is 10.1. The number of benzene rings is 1. The Kier molecular flexibility index (Phi) is 3.72. The summed E-state index contributed by atoms with van der Waals surface area (Å²) in [5.74, 6) is -0.151. The van der Waals surface area contributed by atoms with Gasteiger partial charge >= 0.3 is 0 Å². The van der Waals surface area contributed by atoms with Crippen molar-refractivity contribution in [3.63, 3.8) is 0 Å². The summed E-state index contributed by atoms with van der Waals surface area (Å²) >= 11 is 2.67. The average molecular weight is 318 g/mol. The molecule has 0 radical (unpaired) electrons. The minimum absolute atomic E-state index is 0.249. The van der Waals surface area contributed by atoms with Gasteiger partial charge in [0.15, 0.2) is 4.34 Å². The zero-order valence-electron chi connectivity index (χ0n) is 10.9. The summed E-state index contributed by atoms with van der Waals surface area (Å²) in [6.07, 6.45) is 1.89. The van der Waals surface area contributed by atoms with Crippen LogP contribution in [0.15, 0.2) is 39.5 Å². The molecule has 0 saturated heterocycles. The molecular weight excluding hydrogens is 308 g/mol. The van der Waals surface area contributed by atoms with E-state index in [1.54, 1.807) is 18.2 Å². The summed E-state index contributed by atoms with van der Waals surface area (Å²) < 4.78 is 4.81. The third kappa shape index (κ3) is 2.81. The Balaban J connectivity index is 1.99. The van der Waals surface area contributed by atoms with Gasteiger partial charge in [-0.2, -0.15) is 9.36 Å². The van der Waals surface area contributed by atoms with Crippen molar-refractivity contribution in [1.29, 1.82) is 0 Å². The fourth-order valence-electron chi connectivity index (χ4n) is 1.90. The molecule has 21 heavy (non-hydrogen) atoms. The first kappa shape index (κ1) is 13.8. The molecule has 0 aliphatic heterocycles. The lowest BCUT2D eigenvalue weighted by molar-refractivity contribution is 0.102. The number of nitrogens with zero attached hydrogens (tertiary/aromatic N) is 2. The molecule has 0 aliphatic rings. The highest BCUT2D eigenvalue weighted by molar-refractivity contribution is 8.00. The van der Waals surface area contributed by atoms with Crippen LogP contribution < -0.4 is 10.9 Å². The van der Waals surface area contributed by atoms with E-state index in [9.17, 15) is 9.59 Å². The van der Waals surface area contributed by atoms with Crippen molar-refractivity contribution in [2.45, 2.75) is 4.34 Å². The molecule has 0 spiro atoms. The van der Waals surface area contributed by atoms with Crippen molar-refractivity contribution in [3.8, 4) is 0 Å². The molecule has 0 fully saturated rings. The molecule has 2 N–H and O–H groups in total. The van der Waals surface area contributed by atoms with Crippen LogP contribution in [0.4, 0.5) is 5.95 Å². The van der Waals surface area contributed by atoms with Crippen LogP contribution in [0, 0.1) is 0 Å². The average Bonchev–Trinajstić information content (AvgIpc) is 2.94. The Morgan fingerprint density at radius 1 is 1.38 bits per heavy atom. The predicted octanol–water partition coefficient (Wildman–Crippen LogP) is 2.35. The highest BCUT2D eigenvalue weighted by Crippen LogP contribution is 2.20. The molecule has 2 aromatic heterocycles. The zero-order valence-corrected chi connectivity index (χ0v) is 12.5. The molecule has 3 rings (SSSR count).